The van der Waals surface area contributed by atoms with Gasteiger partial charge in [-0.2, -0.15) is 0 Å². The lowest BCUT2D eigenvalue weighted by Gasteiger charge is -2.34. The third kappa shape index (κ3) is 4.23. The molecule has 8 nitrogen and oxygen atoms in total. The Hall–Kier alpha value is -2.75. The topological polar surface area (TPSA) is 108 Å². The number of thioether (sulfide) groups is 1. The van der Waals surface area contributed by atoms with Gasteiger partial charge in [-0.1, -0.05) is 11.6 Å². The third-order valence-corrected chi connectivity index (χ3v) is 9.44. The number of aliphatic hydroxyl groups excluding tert-OH is 1. The summed E-state index contributed by atoms with van der Waals surface area (Å²) >= 11 is 7.55. The van der Waals surface area contributed by atoms with Gasteiger partial charge in [-0.15, -0.1) is 11.8 Å². The largest absolute Gasteiger partial charge is 0.494 e. The van der Waals surface area contributed by atoms with Crippen molar-refractivity contribution in [3.63, 3.8) is 0 Å². The zero-order valence-electron chi connectivity index (χ0n) is 19.8. The first-order chi connectivity index (χ1) is 17.4. The summed E-state index contributed by atoms with van der Waals surface area (Å²) in [5.74, 6) is -1.26. The number of aliphatic hydroxyl groups is 1. The molecule has 5 rings (SSSR count). The van der Waals surface area contributed by atoms with E-state index in [1.807, 2.05) is 6.92 Å². The molecule has 3 saturated heterocycles. The fourth-order valence-corrected chi connectivity index (χ4v) is 8.22. The van der Waals surface area contributed by atoms with E-state index in [1.165, 1.54) is 4.90 Å². The Balaban J connectivity index is 1.40. The fraction of sp³-hybridized carbons (Fsp3) is 0.423. The average Bonchev–Trinajstić information content (AvgIpc) is 3.50. The van der Waals surface area contributed by atoms with Gasteiger partial charge in [0.05, 0.1) is 29.8 Å². The van der Waals surface area contributed by atoms with Gasteiger partial charge in [0, 0.05) is 28.2 Å². The molecule has 2 unspecified atom stereocenters. The Bertz CT molecular complexity index is 1160. The van der Waals surface area contributed by atoms with Crippen LogP contribution in [0.1, 0.15) is 19.8 Å². The summed E-state index contributed by atoms with van der Waals surface area (Å²) in [6.45, 7) is 2.22. The van der Waals surface area contributed by atoms with Gasteiger partial charge in [-0.05, 0) is 68.3 Å². The Labute approximate surface area is 218 Å². The summed E-state index contributed by atoms with van der Waals surface area (Å²) in [6.07, 6.45) is 1.40. The van der Waals surface area contributed by atoms with Crippen molar-refractivity contribution >= 4 is 52.5 Å². The molecule has 0 aromatic heterocycles. The van der Waals surface area contributed by atoms with Crippen LogP contribution in [0, 0.1) is 11.8 Å². The molecule has 3 N–H and O–H groups in total. The summed E-state index contributed by atoms with van der Waals surface area (Å²) in [6, 6.07) is 13.1. The lowest BCUT2D eigenvalue weighted by atomic mass is 9.70. The van der Waals surface area contributed by atoms with Gasteiger partial charge in [0.15, 0.2) is 0 Å². The van der Waals surface area contributed by atoms with Crippen LogP contribution >= 0.6 is 23.4 Å². The number of nitrogens with zero attached hydrogens (tertiary/aromatic N) is 1. The second-order valence-corrected chi connectivity index (χ2v) is 11.3. The molecular weight excluding hydrogens is 502 g/mol. The van der Waals surface area contributed by atoms with Crippen LogP contribution in [-0.4, -0.2) is 63.5 Å². The summed E-state index contributed by atoms with van der Waals surface area (Å²) in [4.78, 5) is 42.2. The number of carbonyl (C=O) groups is 3. The SMILES string of the molecule is CCOc1ccc(NC(=O)[C@@H]2[C@H]3C(=O)N(CCO)C(C(=O)Nc4ccc(Cl)cc4)C34CC[C@H]2S4)cc1. The Morgan fingerprint density at radius 2 is 1.75 bits per heavy atom. The molecule has 3 fully saturated rings. The number of hydrogen-bond donors (Lipinski definition) is 3. The number of likely N-dealkylation sites (tertiary alicyclic amines) is 1. The number of benzene rings is 2. The number of carbonyl (C=O) groups excluding carboxylic acids is 3. The first-order valence-electron chi connectivity index (χ1n) is 12.1. The normalized spacial score (nSPS) is 28.2. The number of β-amino-alcohol motifs (C(OH)–C–C–N with tert-alkyl or cyclic N) is 1. The van der Waals surface area contributed by atoms with Crippen molar-refractivity contribution in [1.29, 1.82) is 0 Å². The quantitative estimate of drug-likeness (QED) is 0.484. The Morgan fingerprint density at radius 1 is 1.11 bits per heavy atom. The van der Waals surface area contributed by atoms with E-state index in [0.717, 1.165) is 6.42 Å². The zero-order valence-corrected chi connectivity index (χ0v) is 21.3. The van der Waals surface area contributed by atoms with E-state index in [0.29, 0.717) is 35.2 Å². The monoisotopic (exact) mass is 529 g/mol. The highest BCUT2D eigenvalue weighted by molar-refractivity contribution is 8.02. The molecule has 0 aliphatic carbocycles. The number of anilines is 2. The lowest BCUT2D eigenvalue weighted by molar-refractivity contribution is -0.138. The van der Waals surface area contributed by atoms with E-state index < -0.39 is 22.6 Å². The number of hydrogen-bond acceptors (Lipinski definition) is 6. The van der Waals surface area contributed by atoms with E-state index in [4.69, 9.17) is 16.3 Å². The van der Waals surface area contributed by atoms with E-state index in [-0.39, 0.29) is 36.1 Å². The molecule has 0 radical (unpaired) electrons. The van der Waals surface area contributed by atoms with Gasteiger partial charge < -0.3 is 25.4 Å². The Morgan fingerprint density at radius 3 is 2.39 bits per heavy atom. The molecule has 2 bridgehead atoms. The highest BCUT2D eigenvalue weighted by Gasteiger charge is 2.73. The van der Waals surface area contributed by atoms with E-state index in [2.05, 4.69) is 10.6 Å². The number of amides is 3. The van der Waals surface area contributed by atoms with Crippen LogP contribution in [0.3, 0.4) is 0 Å². The minimum absolute atomic E-state index is 0.0360. The van der Waals surface area contributed by atoms with Crippen LogP contribution in [0.15, 0.2) is 48.5 Å². The molecular formula is C26H28ClN3O5S. The molecule has 3 aliphatic heterocycles. The maximum Gasteiger partial charge on any atom is 0.248 e. The molecule has 3 heterocycles. The van der Waals surface area contributed by atoms with Crippen LogP contribution in [0.25, 0.3) is 0 Å². The van der Waals surface area contributed by atoms with Crippen molar-refractivity contribution in [2.75, 3.05) is 30.4 Å². The smallest absolute Gasteiger partial charge is 0.248 e. The highest BCUT2D eigenvalue weighted by atomic mass is 35.5. The fourth-order valence-electron chi connectivity index (χ4n) is 5.87. The summed E-state index contributed by atoms with van der Waals surface area (Å²) in [5, 5.41) is 16.1. The van der Waals surface area contributed by atoms with Crippen molar-refractivity contribution < 1.29 is 24.2 Å². The first-order valence-corrected chi connectivity index (χ1v) is 13.3. The Kier molecular flexibility index (Phi) is 6.89. The zero-order chi connectivity index (χ0) is 25.4. The predicted octanol–water partition coefficient (Wildman–Crippen LogP) is 3.40. The van der Waals surface area contributed by atoms with Crippen molar-refractivity contribution in [3.05, 3.63) is 53.6 Å². The molecule has 3 amide bonds. The van der Waals surface area contributed by atoms with Crippen LogP contribution < -0.4 is 15.4 Å². The second kappa shape index (κ2) is 9.95. The summed E-state index contributed by atoms with van der Waals surface area (Å²) < 4.78 is 4.75. The maximum atomic E-state index is 13.7. The second-order valence-electron chi connectivity index (χ2n) is 9.25. The standard InChI is InChI=1S/C26H28ClN3O5S/c1-2-35-18-9-7-17(8-10-18)28-23(32)20-19-11-12-26(36-19)21(20)25(34)30(13-14-31)22(26)24(33)29-16-5-3-15(27)4-6-16/h3-10,19-22,31H,2,11-14H2,1H3,(H,28,32)(H,29,33)/t19-,20+,21+,22?,26?/m1/s1. The molecule has 190 valence electrons. The highest BCUT2D eigenvalue weighted by Crippen LogP contribution is 2.66. The first kappa shape index (κ1) is 24.9. The number of ether oxygens (including phenoxy) is 1. The van der Waals surface area contributed by atoms with Gasteiger partial charge in [-0.3, -0.25) is 14.4 Å². The molecule has 2 aromatic rings. The summed E-state index contributed by atoms with van der Waals surface area (Å²) in [7, 11) is 0. The molecule has 5 atom stereocenters. The van der Waals surface area contributed by atoms with Crippen LogP contribution in [-0.2, 0) is 14.4 Å². The number of fused-ring (bicyclic) bond motifs is 1. The van der Waals surface area contributed by atoms with Gasteiger partial charge in [0.25, 0.3) is 0 Å². The average molecular weight is 530 g/mol. The van der Waals surface area contributed by atoms with Crippen LogP contribution in [0.4, 0.5) is 11.4 Å². The molecule has 3 aliphatic rings. The third-order valence-electron chi connectivity index (χ3n) is 7.24. The number of halogens is 1. The minimum atomic E-state index is -0.781. The summed E-state index contributed by atoms with van der Waals surface area (Å²) in [5.41, 5.74) is 1.20. The van der Waals surface area contributed by atoms with Crippen LogP contribution in [0.5, 0.6) is 5.75 Å². The molecule has 1 spiro atoms. The maximum absolute atomic E-state index is 13.7. The molecule has 10 heteroatoms. The van der Waals surface area contributed by atoms with Crippen molar-refractivity contribution in [2.45, 2.75) is 35.8 Å². The van der Waals surface area contributed by atoms with Crippen LogP contribution in [0.2, 0.25) is 5.02 Å². The van der Waals surface area contributed by atoms with Crippen molar-refractivity contribution in [2.24, 2.45) is 11.8 Å². The van der Waals surface area contributed by atoms with E-state index in [1.54, 1.807) is 60.3 Å². The van der Waals surface area contributed by atoms with Crippen molar-refractivity contribution in [1.82, 2.24) is 4.90 Å². The molecule has 0 saturated carbocycles. The van der Waals surface area contributed by atoms with Gasteiger partial charge in [-0.25, -0.2) is 0 Å². The number of nitrogens with one attached hydrogen (secondary N) is 2. The van der Waals surface area contributed by atoms with Gasteiger partial charge in [0.2, 0.25) is 17.7 Å². The van der Waals surface area contributed by atoms with Gasteiger partial charge in [0.1, 0.15) is 11.8 Å². The van der Waals surface area contributed by atoms with E-state index in [9.17, 15) is 19.5 Å². The van der Waals surface area contributed by atoms with E-state index >= 15 is 0 Å². The number of rotatable bonds is 8. The molecule has 36 heavy (non-hydrogen) atoms. The van der Waals surface area contributed by atoms with Gasteiger partial charge >= 0.3 is 0 Å². The minimum Gasteiger partial charge on any atom is -0.494 e. The lowest BCUT2D eigenvalue weighted by Crippen LogP contribution is -2.52. The van der Waals surface area contributed by atoms with Crippen molar-refractivity contribution in [3.8, 4) is 5.75 Å². The molecule has 2 aromatic carbocycles. The predicted molar refractivity (Wildman–Crippen MR) is 139 cm³/mol.